The predicted octanol–water partition coefficient (Wildman–Crippen LogP) is 5.47. The number of nitrogens with zero attached hydrogens (tertiary/aromatic N) is 1. The monoisotopic (exact) mass is 476 g/mol. The van der Waals surface area contributed by atoms with E-state index in [2.05, 4.69) is 5.32 Å². The van der Waals surface area contributed by atoms with Crippen LogP contribution < -0.4 is 10.1 Å². The van der Waals surface area contributed by atoms with Gasteiger partial charge in [-0.2, -0.15) is 0 Å². The van der Waals surface area contributed by atoms with Crippen molar-refractivity contribution in [3.05, 3.63) is 63.1 Å². The lowest BCUT2D eigenvalue weighted by Gasteiger charge is -2.30. The van der Waals surface area contributed by atoms with Crippen LogP contribution in [0.15, 0.2) is 36.4 Å². The average molecular weight is 477 g/mol. The van der Waals surface area contributed by atoms with Gasteiger partial charge in [0.25, 0.3) is 5.91 Å². The van der Waals surface area contributed by atoms with Crippen LogP contribution >= 0.6 is 23.2 Å². The zero-order valence-corrected chi connectivity index (χ0v) is 20.3. The van der Waals surface area contributed by atoms with Gasteiger partial charge < -0.3 is 15.0 Å². The normalized spacial score (nSPS) is 14.8. The first-order chi connectivity index (χ1) is 15.2. The maximum atomic E-state index is 13.2. The first-order valence-electron chi connectivity index (χ1n) is 11.0. The van der Waals surface area contributed by atoms with Crippen LogP contribution in [0.1, 0.15) is 49.3 Å². The van der Waals surface area contributed by atoms with Gasteiger partial charge in [0.1, 0.15) is 11.8 Å². The fourth-order valence-electron chi connectivity index (χ4n) is 3.84. The minimum Gasteiger partial charge on any atom is -0.484 e. The van der Waals surface area contributed by atoms with Crippen LogP contribution in [-0.2, 0) is 16.1 Å². The van der Waals surface area contributed by atoms with Crippen molar-refractivity contribution in [2.75, 3.05) is 6.61 Å². The molecule has 1 saturated carbocycles. The molecule has 1 fully saturated rings. The molecule has 2 amide bonds. The van der Waals surface area contributed by atoms with Crippen molar-refractivity contribution in [3.8, 4) is 5.75 Å². The van der Waals surface area contributed by atoms with Crippen molar-refractivity contribution >= 4 is 35.0 Å². The van der Waals surface area contributed by atoms with Crippen molar-refractivity contribution in [2.45, 2.75) is 65.1 Å². The Balaban J connectivity index is 1.75. The third kappa shape index (κ3) is 6.39. The van der Waals surface area contributed by atoms with Gasteiger partial charge in [0.05, 0.1) is 0 Å². The number of nitrogens with one attached hydrogen (secondary N) is 1. The summed E-state index contributed by atoms with van der Waals surface area (Å²) in [5, 5.41) is 4.05. The number of aryl methyl sites for hydroxylation is 2. The van der Waals surface area contributed by atoms with Gasteiger partial charge in [-0.05, 0) is 74.6 Å². The fourth-order valence-corrected chi connectivity index (χ4v) is 4.31. The van der Waals surface area contributed by atoms with E-state index >= 15 is 0 Å². The Kier molecular flexibility index (Phi) is 8.44. The minimum atomic E-state index is -0.668. The summed E-state index contributed by atoms with van der Waals surface area (Å²) in [7, 11) is 0. The Bertz CT molecular complexity index is 974. The number of halogens is 2. The van der Waals surface area contributed by atoms with E-state index in [4.69, 9.17) is 27.9 Å². The standard InChI is InChI=1S/C25H30Cl2N2O3/c1-16-8-11-22(12-17(16)2)32-15-24(30)29(14-19-9-10-20(26)13-23(19)27)18(3)25(31)28-21-6-4-5-7-21/h8-13,18,21H,4-7,14-15H2,1-3H3,(H,28,31)/t18-/m0/s1. The van der Waals surface area contributed by atoms with Crippen molar-refractivity contribution in [1.82, 2.24) is 10.2 Å². The average Bonchev–Trinajstić information content (AvgIpc) is 3.26. The van der Waals surface area contributed by atoms with Gasteiger partial charge in [0, 0.05) is 22.6 Å². The molecule has 0 bridgehead atoms. The number of benzene rings is 2. The molecule has 0 aliphatic heterocycles. The summed E-state index contributed by atoms with van der Waals surface area (Å²) in [4.78, 5) is 27.6. The van der Waals surface area contributed by atoms with Crippen LogP contribution in [0.25, 0.3) is 0 Å². The molecule has 0 saturated heterocycles. The molecule has 1 N–H and O–H groups in total. The van der Waals surface area contributed by atoms with Crippen LogP contribution in [0.5, 0.6) is 5.75 Å². The Hall–Kier alpha value is -2.24. The van der Waals surface area contributed by atoms with E-state index in [1.807, 2.05) is 32.0 Å². The van der Waals surface area contributed by atoms with Gasteiger partial charge >= 0.3 is 0 Å². The van der Waals surface area contributed by atoms with Gasteiger partial charge in [0.15, 0.2) is 6.61 Å². The van der Waals surface area contributed by atoms with Gasteiger partial charge in [-0.3, -0.25) is 9.59 Å². The highest BCUT2D eigenvalue weighted by atomic mass is 35.5. The molecular formula is C25H30Cl2N2O3. The Labute approximate surface area is 200 Å². The highest BCUT2D eigenvalue weighted by Gasteiger charge is 2.29. The lowest BCUT2D eigenvalue weighted by Crippen LogP contribution is -2.50. The lowest BCUT2D eigenvalue weighted by molar-refractivity contribution is -0.142. The largest absolute Gasteiger partial charge is 0.484 e. The van der Waals surface area contributed by atoms with Crippen LogP contribution in [-0.4, -0.2) is 35.4 Å². The second kappa shape index (κ2) is 11.1. The van der Waals surface area contributed by atoms with Crippen molar-refractivity contribution in [1.29, 1.82) is 0 Å². The summed E-state index contributed by atoms with van der Waals surface area (Å²) in [6, 6.07) is 10.3. The number of carbonyl (C=O) groups excluding carboxylic acids is 2. The molecule has 32 heavy (non-hydrogen) atoms. The van der Waals surface area contributed by atoms with Gasteiger partial charge in [-0.15, -0.1) is 0 Å². The summed E-state index contributed by atoms with van der Waals surface area (Å²) in [6.07, 6.45) is 4.19. The summed E-state index contributed by atoms with van der Waals surface area (Å²) < 4.78 is 5.76. The highest BCUT2D eigenvalue weighted by Crippen LogP contribution is 2.24. The second-order valence-corrected chi connectivity index (χ2v) is 9.30. The SMILES string of the molecule is Cc1ccc(OCC(=O)N(Cc2ccc(Cl)cc2Cl)[C@@H](C)C(=O)NC2CCCC2)cc1C. The molecular weight excluding hydrogens is 447 g/mol. The summed E-state index contributed by atoms with van der Waals surface area (Å²) >= 11 is 12.4. The van der Waals surface area contributed by atoms with Gasteiger partial charge in [-0.1, -0.05) is 48.2 Å². The van der Waals surface area contributed by atoms with E-state index in [1.165, 1.54) is 4.90 Å². The molecule has 1 aliphatic rings. The van der Waals surface area contributed by atoms with Gasteiger partial charge in [0.2, 0.25) is 5.91 Å². The third-order valence-corrected chi connectivity index (χ3v) is 6.65. The minimum absolute atomic E-state index is 0.165. The van der Waals surface area contributed by atoms with Crippen molar-refractivity contribution in [2.24, 2.45) is 0 Å². The van der Waals surface area contributed by atoms with E-state index in [0.717, 1.165) is 42.4 Å². The van der Waals surface area contributed by atoms with E-state index in [0.29, 0.717) is 15.8 Å². The van der Waals surface area contributed by atoms with E-state index in [9.17, 15) is 9.59 Å². The Morgan fingerprint density at radius 1 is 1.09 bits per heavy atom. The molecule has 0 radical (unpaired) electrons. The lowest BCUT2D eigenvalue weighted by atomic mass is 10.1. The second-order valence-electron chi connectivity index (χ2n) is 8.46. The Morgan fingerprint density at radius 3 is 2.47 bits per heavy atom. The third-order valence-electron chi connectivity index (χ3n) is 6.07. The summed E-state index contributed by atoms with van der Waals surface area (Å²) in [5.74, 6) is 0.166. The first-order valence-corrected chi connectivity index (χ1v) is 11.7. The molecule has 0 aromatic heterocycles. The fraction of sp³-hybridized carbons (Fsp3) is 0.440. The van der Waals surface area contributed by atoms with Crippen molar-refractivity contribution < 1.29 is 14.3 Å². The molecule has 0 heterocycles. The molecule has 3 rings (SSSR count). The van der Waals surface area contributed by atoms with E-state index in [-0.39, 0.29) is 31.0 Å². The van der Waals surface area contributed by atoms with E-state index < -0.39 is 6.04 Å². The number of rotatable bonds is 8. The molecule has 1 atom stereocenters. The highest BCUT2D eigenvalue weighted by molar-refractivity contribution is 6.35. The molecule has 172 valence electrons. The number of amides is 2. The van der Waals surface area contributed by atoms with Crippen molar-refractivity contribution in [3.63, 3.8) is 0 Å². The molecule has 1 aliphatic carbocycles. The first kappa shape index (κ1) is 24.4. The van der Waals surface area contributed by atoms with Crippen LogP contribution in [0.4, 0.5) is 0 Å². The summed E-state index contributed by atoms with van der Waals surface area (Å²) in [6.45, 7) is 5.77. The van der Waals surface area contributed by atoms with Crippen LogP contribution in [0.3, 0.4) is 0 Å². The van der Waals surface area contributed by atoms with Crippen LogP contribution in [0.2, 0.25) is 10.0 Å². The van der Waals surface area contributed by atoms with Crippen LogP contribution in [0, 0.1) is 13.8 Å². The topological polar surface area (TPSA) is 58.6 Å². The molecule has 7 heteroatoms. The number of hydrogen-bond acceptors (Lipinski definition) is 3. The van der Waals surface area contributed by atoms with E-state index in [1.54, 1.807) is 25.1 Å². The Morgan fingerprint density at radius 2 is 1.81 bits per heavy atom. The molecule has 2 aromatic carbocycles. The quantitative estimate of drug-likeness (QED) is 0.549. The molecule has 5 nitrogen and oxygen atoms in total. The number of carbonyl (C=O) groups is 2. The number of hydrogen-bond donors (Lipinski definition) is 1. The molecule has 0 unspecified atom stereocenters. The number of ether oxygens (including phenoxy) is 1. The molecule has 0 spiro atoms. The van der Waals surface area contributed by atoms with Gasteiger partial charge in [-0.25, -0.2) is 0 Å². The zero-order valence-electron chi connectivity index (χ0n) is 18.8. The zero-order chi connectivity index (χ0) is 23.3. The maximum Gasteiger partial charge on any atom is 0.261 e. The predicted molar refractivity (Wildman–Crippen MR) is 128 cm³/mol. The smallest absolute Gasteiger partial charge is 0.261 e. The summed E-state index contributed by atoms with van der Waals surface area (Å²) in [5.41, 5.74) is 2.96. The molecule has 2 aromatic rings. The maximum absolute atomic E-state index is 13.2.